The molecular formula is C7H9N2O2. The van der Waals surface area contributed by atoms with Crippen LogP contribution in [-0.2, 0) is 5.11 Å². The Morgan fingerprint density at radius 2 is 2.45 bits per heavy atom. The standard InChI is InChI=1S/C7H9N2O2/c10-5-4-9-7(11)6-2-1-3-8-6/h1-3,8H,4-5H2,(H,9,11). The minimum Gasteiger partial charge on any atom is -0.357 e. The number of carbonyl (C=O) groups excluding carboxylic acids is 1. The Morgan fingerprint density at radius 1 is 1.64 bits per heavy atom. The van der Waals surface area contributed by atoms with Crippen LogP contribution in [0.2, 0.25) is 0 Å². The van der Waals surface area contributed by atoms with Crippen molar-refractivity contribution in [2.45, 2.75) is 0 Å². The summed E-state index contributed by atoms with van der Waals surface area (Å²) in [5, 5.41) is 12.4. The lowest BCUT2D eigenvalue weighted by atomic mass is 10.4. The maximum Gasteiger partial charge on any atom is 0.267 e. The van der Waals surface area contributed by atoms with Crippen molar-refractivity contribution in [3.63, 3.8) is 0 Å². The van der Waals surface area contributed by atoms with E-state index in [0.29, 0.717) is 5.69 Å². The Bertz CT molecular complexity index is 218. The predicted octanol–water partition coefficient (Wildman–Crippen LogP) is 0.175. The van der Waals surface area contributed by atoms with E-state index in [9.17, 15) is 9.90 Å². The highest BCUT2D eigenvalue weighted by molar-refractivity contribution is 5.92. The number of aromatic amines is 1. The molecule has 0 aliphatic heterocycles. The van der Waals surface area contributed by atoms with Gasteiger partial charge in [0.25, 0.3) is 5.91 Å². The van der Waals surface area contributed by atoms with Gasteiger partial charge in [-0.3, -0.25) is 4.79 Å². The second kappa shape index (κ2) is 3.78. The summed E-state index contributed by atoms with van der Waals surface area (Å²) in [6.45, 7) is -0.107. The number of hydrogen-bond donors (Lipinski definition) is 2. The van der Waals surface area contributed by atoms with Gasteiger partial charge in [-0.2, -0.15) is 0 Å². The van der Waals surface area contributed by atoms with Crippen LogP contribution in [0, 0.1) is 0 Å². The molecule has 0 aliphatic rings. The second-order valence-electron chi connectivity index (χ2n) is 2.04. The summed E-state index contributed by atoms with van der Waals surface area (Å²) in [6.07, 6.45) is 1.66. The Hall–Kier alpha value is -1.29. The van der Waals surface area contributed by atoms with E-state index in [4.69, 9.17) is 0 Å². The van der Waals surface area contributed by atoms with Gasteiger partial charge in [-0.25, -0.2) is 5.11 Å². The lowest BCUT2D eigenvalue weighted by molar-refractivity contribution is 0.0929. The maximum absolute atomic E-state index is 11.0. The van der Waals surface area contributed by atoms with Gasteiger partial charge in [0.15, 0.2) is 0 Å². The molecule has 4 heteroatoms. The molecule has 11 heavy (non-hydrogen) atoms. The van der Waals surface area contributed by atoms with Gasteiger partial charge in [-0.15, -0.1) is 0 Å². The molecule has 1 heterocycles. The second-order valence-corrected chi connectivity index (χ2v) is 2.04. The molecule has 1 radical (unpaired) electrons. The Labute approximate surface area is 64.2 Å². The zero-order valence-electron chi connectivity index (χ0n) is 5.96. The van der Waals surface area contributed by atoms with Crippen LogP contribution >= 0.6 is 0 Å². The highest BCUT2D eigenvalue weighted by atomic mass is 16.3. The highest BCUT2D eigenvalue weighted by Crippen LogP contribution is 1.92. The number of rotatable bonds is 3. The van der Waals surface area contributed by atoms with Crippen LogP contribution in [0.1, 0.15) is 10.5 Å². The average Bonchev–Trinajstić information content (AvgIpc) is 2.52. The minimum atomic E-state index is -0.285. The molecule has 0 unspecified atom stereocenters. The van der Waals surface area contributed by atoms with Crippen LogP contribution in [0.25, 0.3) is 0 Å². The van der Waals surface area contributed by atoms with Crippen LogP contribution in [0.3, 0.4) is 0 Å². The van der Waals surface area contributed by atoms with Gasteiger partial charge in [-0.05, 0) is 12.1 Å². The smallest absolute Gasteiger partial charge is 0.267 e. The molecule has 0 fully saturated rings. The van der Waals surface area contributed by atoms with Crippen molar-refractivity contribution in [1.82, 2.24) is 10.3 Å². The fraction of sp³-hybridized carbons (Fsp3) is 0.286. The first-order valence-electron chi connectivity index (χ1n) is 3.34. The van der Waals surface area contributed by atoms with Crippen LogP contribution in [0.15, 0.2) is 18.3 Å². The summed E-state index contributed by atoms with van der Waals surface area (Å²) in [6, 6.07) is 3.38. The van der Waals surface area contributed by atoms with E-state index in [1.165, 1.54) is 0 Å². The van der Waals surface area contributed by atoms with Gasteiger partial charge >= 0.3 is 0 Å². The first-order chi connectivity index (χ1) is 5.34. The van der Waals surface area contributed by atoms with Crippen molar-refractivity contribution in [2.24, 2.45) is 0 Å². The van der Waals surface area contributed by atoms with Crippen LogP contribution < -0.4 is 5.32 Å². The minimum absolute atomic E-state index is 0.178. The van der Waals surface area contributed by atoms with E-state index >= 15 is 0 Å². The first kappa shape index (κ1) is 7.81. The van der Waals surface area contributed by atoms with Crippen LogP contribution in [0.4, 0.5) is 0 Å². The first-order valence-corrected chi connectivity index (χ1v) is 3.34. The monoisotopic (exact) mass is 153 g/mol. The molecule has 0 spiro atoms. The van der Waals surface area contributed by atoms with E-state index in [0.717, 1.165) is 0 Å². The molecule has 1 rings (SSSR count). The molecule has 0 aliphatic carbocycles. The van der Waals surface area contributed by atoms with E-state index in [-0.39, 0.29) is 19.1 Å². The zero-order chi connectivity index (χ0) is 8.10. The fourth-order valence-electron chi connectivity index (χ4n) is 0.731. The van der Waals surface area contributed by atoms with Crippen molar-refractivity contribution in [3.8, 4) is 0 Å². The van der Waals surface area contributed by atoms with Gasteiger partial charge in [0.05, 0.1) is 6.61 Å². The highest BCUT2D eigenvalue weighted by Gasteiger charge is 2.02. The normalized spacial score (nSPS) is 9.55. The number of aromatic nitrogens is 1. The summed E-state index contributed by atoms with van der Waals surface area (Å²) < 4.78 is 0. The molecule has 4 nitrogen and oxygen atoms in total. The molecule has 0 saturated carbocycles. The van der Waals surface area contributed by atoms with Crippen molar-refractivity contribution >= 4 is 5.91 Å². The summed E-state index contributed by atoms with van der Waals surface area (Å²) in [5.41, 5.74) is 0.485. The molecule has 2 N–H and O–H groups in total. The molecule has 59 valence electrons. The molecule has 0 aromatic carbocycles. The van der Waals surface area contributed by atoms with Crippen molar-refractivity contribution < 1.29 is 9.90 Å². The lowest BCUT2D eigenvalue weighted by Gasteiger charge is -1.98. The average molecular weight is 153 g/mol. The SMILES string of the molecule is [O]CCNC(=O)c1ccc[nH]1. The molecule has 1 aromatic rings. The molecular weight excluding hydrogens is 144 g/mol. The van der Waals surface area contributed by atoms with Crippen molar-refractivity contribution in [2.75, 3.05) is 13.2 Å². The number of carbonyl (C=O) groups is 1. The van der Waals surface area contributed by atoms with Gasteiger partial charge in [0.2, 0.25) is 0 Å². The van der Waals surface area contributed by atoms with E-state index < -0.39 is 0 Å². The molecule has 1 aromatic heterocycles. The quantitative estimate of drug-likeness (QED) is 0.639. The number of H-pyrrole nitrogens is 1. The topological polar surface area (TPSA) is 64.8 Å². The fourth-order valence-corrected chi connectivity index (χ4v) is 0.731. The largest absolute Gasteiger partial charge is 0.357 e. The Balaban J connectivity index is 2.43. The third-order valence-corrected chi connectivity index (χ3v) is 1.23. The van der Waals surface area contributed by atoms with Crippen LogP contribution in [-0.4, -0.2) is 24.0 Å². The third-order valence-electron chi connectivity index (χ3n) is 1.23. The summed E-state index contributed by atoms with van der Waals surface area (Å²) in [5.74, 6) is -0.231. The summed E-state index contributed by atoms with van der Waals surface area (Å²) >= 11 is 0. The lowest BCUT2D eigenvalue weighted by Crippen LogP contribution is -2.26. The molecule has 0 bridgehead atoms. The van der Waals surface area contributed by atoms with Gasteiger partial charge in [0.1, 0.15) is 5.69 Å². The van der Waals surface area contributed by atoms with Crippen LogP contribution in [0.5, 0.6) is 0 Å². The van der Waals surface area contributed by atoms with Crippen molar-refractivity contribution in [1.29, 1.82) is 0 Å². The van der Waals surface area contributed by atoms with Gasteiger partial charge < -0.3 is 10.3 Å². The zero-order valence-corrected chi connectivity index (χ0v) is 5.96. The van der Waals surface area contributed by atoms with Gasteiger partial charge in [0, 0.05) is 12.7 Å². The Morgan fingerprint density at radius 3 is 3.00 bits per heavy atom. The maximum atomic E-state index is 11.0. The van der Waals surface area contributed by atoms with E-state index in [1.54, 1.807) is 18.3 Å². The van der Waals surface area contributed by atoms with E-state index in [1.807, 2.05) is 0 Å². The van der Waals surface area contributed by atoms with Crippen molar-refractivity contribution in [3.05, 3.63) is 24.0 Å². The van der Waals surface area contributed by atoms with E-state index in [2.05, 4.69) is 10.3 Å². The molecule has 0 saturated heterocycles. The number of nitrogens with one attached hydrogen (secondary N) is 2. The number of amides is 1. The molecule has 0 atom stereocenters. The Kier molecular flexibility index (Phi) is 2.68. The summed E-state index contributed by atoms with van der Waals surface area (Å²) in [7, 11) is 0. The third kappa shape index (κ3) is 2.09. The summed E-state index contributed by atoms with van der Waals surface area (Å²) in [4.78, 5) is 13.7. The van der Waals surface area contributed by atoms with Gasteiger partial charge in [-0.1, -0.05) is 0 Å². The predicted molar refractivity (Wildman–Crippen MR) is 38.7 cm³/mol. The number of hydrogen-bond acceptors (Lipinski definition) is 1. The molecule has 1 amide bonds.